The van der Waals surface area contributed by atoms with Crippen molar-refractivity contribution in [2.75, 3.05) is 18.1 Å². The zero-order valence-corrected chi connectivity index (χ0v) is 10.6. The molecule has 0 aliphatic heterocycles. The second-order valence-corrected chi connectivity index (χ2v) is 3.92. The highest BCUT2D eigenvalue weighted by Gasteiger charge is 2.19. The number of rotatable bonds is 7. The zero-order valence-electron chi connectivity index (χ0n) is 10.6. The van der Waals surface area contributed by atoms with E-state index in [0.717, 1.165) is 24.4 Å². The van der Waals surface area contributed by atoms with Crippen LogP contribution in [0, 0.1) is 0 Å². The Hall–Kier alpha value is -1.20. The number of nitrogens with zero attached hydrogens (tertiary/aromatic N) is 3. The fourth-order valence-electron chi connectivity index (χ4n) is 2.04. The lowest BCUT2D eigenvalue weighted by molar-refractivity contribution is 0.295. The van der Waals surface area contributed by atoms with Crippen LogP contribution in [-0.2, 0) is 6.54 Å². The molecule has 0 aromatic carbocycles. The third kappa shape index (κ3) is 3.38. The number of hydrogen-bond acceptors (Lipinski definition) is 5. The average molecular weight is 238 g/mol. The number of aliphatic hydroxyl groups excluding tert-OH is 1. The highest BCUT2D eigenvalue weighted by molar-refractivity contribution is 5.44. The first kappa shape index (κ1) is 13.9. The molecular weight excluding hydrogens is 216 g/mol. The molecule has 0 radical (unpaired) electrons. The normalized spacial score (nSPS) is 10.9. The fourth-order valence-corrected chi connectivity index (χ4v) is 2.04. The van der Waals surface area contributed by atoms with Gasteiger partial charge in [0.2, 0.25) is 0 Å². The molecule has 1 aromatic heterocycles. The fraction of sp³-hybridized carbons (Fsp3) is 0.667. The predicted molar refractivity (Wildman–Crippen MR) is 68.7 cm³/mol. The van der Waals surface area contributed by atoms with E-state index in [2.05, 4.69) is 28.7 Å². The second kappa shape index (κ2) is 7.19. The Morgan fingerprint density at radius 3 is 2.47 bits per heavy atom. The van der Waals surface area contributed by atoms with Crippen LogP contribution < -0.4 is 10.6 Å². The van der Waals surface area contributed by atoms with Crippen LogP contribution in [0.25, 0.3) is 0 Å². The summed E-state index contributed by atoms with van der Waals surface area (Å²) in [6, 6.07) is 0.365. The van der Waals surface area contributed by atoms with Gasteiger partial charge in [0.25, 0.3) is 0 Å². The Balaban J connectivity index is 3.03. The molecular formula is C12H22N4O. The quantitative estimate of drug-likeness (QED) is 0.739. The summed E-state index contributed by atoms with van der Waals surface area (Å²) < 4.78 is 0. The average Bonchev–Trinajstić information content (AvgIpc) is 2.39. The molecule has 3 N–H and O–H groups in total. The summed E-state index contributed by atoms with van der Waals surface area (Å²) in [5, 5.41) is 9.18. The molecule has 0 bridgehead atoms. The van der Waals surface area contributed by atoms with E-state index in [-0.39, 0.29) is 6.61 Å². The van der Waals surface area contributed by atoms with Gasteiger partial charge in [0.05, 0.1) is 12.3 Å². The zero-order chi connectivity index (χ0) is 12.7. The molecule has 0 unspecified atom stereocenters. The molecule has 0 amide bonds. The number of aromatic nitrogens is 2. The molecule has 0 aliphatic carbocycles. The van der Waals surface area contributed by atoms with E-state index in [4.69, 9.17) is 5.73 Å². The number of hydrogen-bond donors (Lipinski definition) is 2. The van der Waals surface area contributed by atoms with Crippen molar-refractivity contribution in [2.24, 2.45) is 5.73 Å². The summed E-state index contributed by atoms with van der Waals surface area (Å²) in [4.78, 5) is 10.7. The monoisotopic (exact) mass is 238 g/mol. The predicted octanol–water partition coefficient (Wildman–Crippen LogP) is 0.923. The number of anilines is 1. The summed E-state index contributed by atoms with van der Waals surface area (Å²) in [6.45, 7) is 5.31. The van der Waals surface area contributed by atoms with E-state index in [0.29, 0.717) is 19.1 Å². The van der Waals surface area contributed by atoms with E-state index < -0.39 is 0 Å². The first-order valence-corrected chi connectivity index (χ1v) is 6.15. The van der Waals surface area contributed by atoms with Gasteiger partial charge in [-0.25, -0.2) is 4.98 Å². The first-order valence-electron chi connectivity index (χ1n) is 6.15. The van der Waals surface area contributed by atoms with Crippen LogP contribution in [0.5, 0.6) is 0 Å². The van der Waals surface area contributed by atoms with Crippen LogP contribution in [0.1, 0.15) is 32.4 Å². The van der Waals surface area contributed by atoms with Crippen LogP contribution in [0.2, 0.25) is 0 Å². The van der Waals surface area contributed by atoms with Gasteiger partial charge in [0, 0.05) is 31.5 Å². The van der Waals surface area contributed by atoms with Crippen LogP contribution in [0.15, 0.2) is 12.4 Å². The van der Waals surface area contributed by atoms with Gasteiger partial charge in [-0.2, -0.15) is 0 Å². The lowest BCUT2D eigenvalue weighted by Gasteiger charge is -2.31. The summed E-state index contributed by atoms with van der Waals surface area (Å²) in [5.41, 5.74) is 6.46. The van der Waals surface area contributed by atoms with Gasteiger partial charge in [-0.05, 0) is 12.8 Å². The Bertz CT molecular complexity index is 328. The third-order valence-corrected chi connectivity index (χ3v) is 2.94. The van der Waals surface area contributed by atoms with Crippen LogP contribution in [0.3, 0.4) is 0 Å². The first-order chi connectivity index (χ1) is 8.28. The summed E-state index contributed by atoms with van der Waals surface area (Å²) in [5.74, 6) is 0.803. The molecule has 0 atom stereocenters. The molecule has 17 heavy (non-hydrogen) atoms. The molecule has 5 nitrogen and oxygen atoms in total. The maximum atomic E-state index is 9.18. The van der Waals surface area contributed by atoms with Gasteiger partial charge < -0.3 is 15.7 Å². The third-order valence-electron chi connectivity index (χ3n) is 2.94. The minimum atomic E-state index is 0.108. The van der Waals surface area contributed by atoms with Crippen molar-refractivity contribution in [3.63, 3.8) is 0 Å². The SMILES string of the molecule is CCC(CC)N(CCO)c1nccnc1CN. The van der Waals surface area contributed by atoms with E-state index in [1.807, 2.05) is 0 Å². The molecule has 0 aliphatic rings. The van der Waals surface area contributed by atoms with E-state index in [1.165, 1.54) is 0 Å². The van der Waals surface area contributed by atoms with Crippen molar-refractivity contribution in [2.45, 2.75) is 39.3 Å². The second-order valence-electron chi connectivity index (χ2n) is 3.92. The molecule has 1 rings (SSSR count). The minimum Gasteiger partial charge on any atom is -0.395 e. The summed E-state index contributed by atoms with van der Waals surface area (Å²) in [6.07, 6.45) is 5.34. The van der Waals surface area contributed by atoms with Crippen molar-refractivity contribution in [1.82, 2.24) is 9.97 Å². The van der Waals surface area contributed by atoms with Crippen molar-refractivity contribution in [3.8, 4) is 0 Å². The Morgan fingerprint density at radius 2 is 1.94 bits per heavy atom. The van der Waals surface area contributed by atoms with Crippen molar-refractivity contribution in [1.29, 1.82) is 0 Å². The lowest BCUT2D eigenvalue weighted by atomic mass is 10.1. The summed E-state index contributed by atoms with van der Waals surface area (Å²) >= 11 is 0. The molecule has 96 valence electrons. The van der Waals surface area contributed by atoms with Crippen LogP contribution in [-0.4, -0.2) is 34.3 Å². The summed E-state index contributed by atoms with van der Waals surface area (Å²) in [7, 11) is 0. The standard InChI is InChI=1S/C12H22N4O/c1-3-10(4-2)16(7-8-17)12-11(9-13)14-5-6-15-12/h5-6,10,17H,3-4,7-9,13H2,1-2H3. The molecule has 0 saturated carbocycles. The van der Waals surface area contributed by atoms with Gasteiger partial charge >= 0.3 is 0 Å². The van der Waals surface area contributed by atoms with Gasteiger partial charge in [-0.3, -0.25) is 4.98 Å². The van der Waals surface area contributed by atoms with E-state index in [1.54, 1.807) is 12.4 Å². The van der Waals surface area contributed by atoms with Gasteiger partial charge in [-0.15, -0.1) is 0 Å². The Morgan fingerprint density at radius 1 is 1.29 bits per heavy atom. The van der Waals surface area contributed by atoms with Gasteiger partial charge in [0.1, 0.15) is 0 Å². The maximum absolute atomic E-state index is 9.18. The molecule has 0 saturated heterocycles. The van der Waals surface area contributed by atoms with Crippen LogP contribution >= 0.6 is 0 Å². The van der Waals surface area contributed by atoms with Gasteiger partial charge in [0.15, 0.2) is 5.82 Å². The molecule has 1 aromatic rings. The molecule has 0 fully saturated rings. The molecule has 0 spiro atoms. The van der Waals surface area contributed by atoms with Crippen LogP contribution in [0.4, 0.5) is 5.82 Å². The van der Waals surface area contributed by atoms with Crippen molar-refractivity contribution >= 4 is 5.82 Å². The Labute approximate surface area is 103 Å². The number of nitrogens with two attached hydrogens (primary N) is 1. The highest BCUT2D eigenvalue weighted by Crippen LogP contribution is 2.20. The van der Waals surface area contributed by atoms with E-state index >= 15 is 0 Å². The maximum Gasteiger partial charge on any atom is 0.151 e. The van der Waals surface area contributed by atoms with E-state index in [9.17, 15) is 5.11 Å². The van der Waals surface area contributed by atoms with Gasteiger partial charge in [-0.1, -0.05) is 13.8 Å². The topological polar surface area (TPSA) is 75.3 Å². The van der Waals surface area contributed by atoms with Crippen molar-refractivity contribution in [3.05, 3.63) is 18.1 Å². The highest BCUT2D eigenvalue weighted by atomic mass is 16.3. The lowest BCUT2D eigenvalue weighted by Crippen LogP contribution is -2.38. The smallest absolute Gasteiger partial charge is 0.151 e. The van der Waals surface area contributed by atoms with Crippen molar-refractivity contribution < 1.29 is 5.11 Å². The largest absolute Gasteiger partial charge is 0.395 e. The molecule has 5 heteroatoms. The minimum absolute atomic E-state index is 0.108. The Kier molecular flexibility index (Phi) is 5.86. The molecule has 1 heterocycles. The number of aliphatic hydroxyl groups is 1.